The van der Waals surface area contributed by atoms with Crippen molar-refractivity contribution in [3.05, 3.63) is 46.7 Å². The van der Waals surface area contributed by atoms with E-state index in [-0.39, 0.29) is 12.3 Å². The molecular weight excluding hydrogens is 244 g/mol. The Morgan fingerprint density at radius 2 is 2.17 bits per heavy atom. The number of amides is 1. The predicted octanol–water partition coefficient (Wildman–Crippen LogP) is 2.94. The third kappa shape index (κ3) is 2.96. The van der Waals surface area contributed by atoms with E-state index >= 15 is 0 Å². The van der Waals surface area contributed by atoms with Gasteiger partial charge in [0.1, 0.15) is 6.42 Å². The minimum atomic E-state index is -0.238. The van der Waals surface area contributed by atoms with Crippen molar-refractivity contribution >= 4 is 17.2 Å². The van der Waals surface area contributed by atoms with E-state index in [1.165, 1.54) is 0 Å². The topological polar surface area (TPSA) is 52.9 Å². The van der Waals surface area contributed by atoms with Crippen LogP contribution in [0.15, 0.2) is 41.1 Å². The number of hydrogen-bond donors (Lipinski definition) is 1. The Bertz CT molecular complexity index is 570. The summed E-state index contributed by atoms with van der Waals surface area (Å²) in [5.74, 6) is -0.238. The van der Waals surface area contributed by atoms with Crippen molar-refractivity contribution in [1.82, 2.24) is 5.32 Å². The lowest BCUT2D eigenvalue weighted by molar-refractivity contribution is -0.120. The zero-order valence-electron chi connectivity index (χ0n) is 9.72. The van der Waals surface area contributed by atoms with Crippen LogP contribution in [0.2, 0.25) is 0 Å². The van der Waals surface area contributed by atoms with Gasteiger partial charge in [-0.15, -0.1) is 0 Å². The Kier molecular flexibility index (Phi) is 4.11. The quantitative estimate of drug-likeness (QED) is 0.914. The normalized spacial score (nSPS) is 9.72. The number of nitriles is 1. The molecule has 1 N–H and O–H groups in total. The maximum absolute atomic E-state index is 11.3. The standard InChI is InChI=1S/C14H12N2OS/c15-7-5-14(17)16-9-11-3-1-2-4-13(11)12-6-8-18-10-12/h1-4,6,8,10H,5,9H2,(H,16,17). The molecule has 0 atom stereocenters. The average molecular weight is 256 g/mol. The Hall–Kier alpha value is -2.12. The fourth-order valence-corrected chi connectivity index (χ4v) is 2.36. The van der Waals surface area contributed by atoms with Crippen LogP contribution in [-0.4, -0.2) is 5.91 Å². The molecule has 90 valence electrons. The lowest BCUT2D eigenvalue weighted by Crippen LogP contribution is -2.22. The molecule has 4 heteroatoms. The van der Waals surface area contributed by atoms with Crippen LogP contribution < -0.4 is 5.32 Å². The smallest absolute Gasteiger partial charge is 0.234 e. The summed E-state index contributed by atoms with van der Waals surface area (Å²) in [7, 11) is 0. The van der Waals surface area contributed by atoms with E-state index in [0.29, 0.717) is 6.54 Å². The minimum Gasteiger partial charge on any atom is -0.351 e. The van der Waals surface area contributed by atoms with Crippen molar-refractivity contribution in [3.8, 4) is 17.2 Å². The van der Waals surface area contributed by atoms with Crippen LogP contribution in [0.1, 0.15) is 12.0 Å². The van der Waals surface area contributed by atoms with Gasteiger partial charge in [-0.1, -0.05) is 24.3 Å². The number of hydrogen-bond acceptors (Lipinski definition) is 3. The van der Waals surface area contributed by atoms with E-state index in [1.807, 2.05) is 35.7 Å². The number of carbonyl (C=O) groups excluding carboxylic acids is 1. The predicted molar refractivity (Wildman–Crippen MR) is 71.8 cm³/mol. The van der Waals surface area contributed by atoms with Crippen molar-refractivity contribution in [2.45, 2.75) is 13.0 Å². The van der Waals surface area contributed by atoms with Crippen LogP contribution >= 0.6 is 11.3 Å². The summed E-state index contributed by atoms with van der Waals surface area (Å²) in [5.41, 5.74) is 3.34. The monoisotopic (exact) mass is 256 g/mol. The minimum absolute atomic E-state index is 0.0966. The van der Waals surface area contributed by atoms with Crippen molar-refractivity contribution < 1.29 is 4.79 Å². The van der Waals surface area contributed by atoms with Gasteiger partial charge in [0.15, 0.2) is 0 Å². The van der Waals surface area contributed by atoms with E-state index in [0.717, 1.165) is 16.7 Å². The van der Waals surface area contributed by atoms with Gasteiger partial charge < -0.3 is 5.32 Å². The van der Waals surface area contributed by atoms with E-state index in [1.54, 1.807) is 11.3 Å². The van der Waals surface area contributed by atoms with Crippen LogP contribution in [0.3, 0.4) is 0 Å². The highest BCUT2D eigenvalue weighted by Gasteiger charge is 2.06. The zero-order valence-corrected chi connectivity index (χ0v) is 10.5. The Morgan fingerprint density at radius 3 is 2.89 bits per heavy atom. The van der Waals surface area contributed by atoms with Crippen LogP contribution in [0.5, 0.6) is 0 Å². The van der Waals surface area contributed by atoms with Crippen molar-refractivity contribution in [1.29, 1.82) is 5.26 Å². The first-order valence-electron chi connectivity index (χ1n) is 5.55. The highest BCUT2D eigenvalue weighted by atomic mass is 32.1. The van der Waals surface area contributed by atoms with E-state index in [2.05, 4.69) is 16.8 Å². The molecule has 0 fully saturated rings. The molecule has 0 aliphatic heterocycles. The molecule has 1 amide bonds. The number of benzene rings is 1. The van der Waals surface area contributed by atoms with Crippen LogP contribution in [0.4, 0.5) is 0 Å². The highest BCUT2D eigenvalue weighted by molar-refractivity contribution is 7.08. The molecule has 0 radical (unpaired) electrons. The molecule has 2 aromatic rings. The molecule has 0 bridgehead atoms. The molecule has 0 aliphatic rings. The van der Waals surface area contributed by atoms with Crippen LogP contribution in [0, 0.1) is 11.3 Å². The Morgan fingerprint density at radius 1 is 1.33 bits per heavy atom. The first kappa shape index (κ1) is 12.3. The largest absolute Gasteiger partial charge is 0.351 e. The van der Waals surface area contributed by atoms with Gasteiger partial charge in [-0.2, -0.15) is 16.6 Å². The maximum Gasteiger partial charge on any atom is 0.234 e. The fraction of sp³-hybridized carbons (Fsp3) is 0.143. The molecule has 2 rings (SSSR count). The summed E-state index contributed by atoms with van der Waals surface area (Å²) in [6.07, 6.45) is -0.0966. The molecule has 1 aromatic carbocycles. The van der Waals surface area contributed by atoms with E-state index < -0.39 is 0 Å². The SMILES string of the molecule is N#CCC(=O)NCc1ccccc1-c1ccsc1. The van der Waals surface area contributed by atoms with E-state index in [4.69, 9.17) is 5.26 Å². The molecule has 18 heavy (non-hydrogen) atoms. The Balaban J connectivity index is 2.14. The Labute approximate surface area is 110 Å². The van der Waals surface area contributed by atoms with Crippen LogP contribution in [0.25, 0.3) is 11.1 Å². The number of rotatable bonds is 4. The average Bonchev–Trinajstić information content (AvgIpc) is 2.91. The van der Waals surface area contributed by atoms with Crippen LogP contribution in [-0.2, 0) is 11.3 Å². The van der Waals surface area contributed by atoms with Gasteiger partial charge in [-0.05, 0) is 33.5 Å². The first-order chi connectivity index (χ1) is 8.81. The second-order valence-corrected chi connectivity index (χ2v) is 4.56. The van der Waals surface area contributed by atoms with Crippen molar-refractivity contribution in [3.63, 3.8) is 0 Å². The highest BCUT2D eigenvalue weighted by Crippen LogP contribution is 2.25. The first-order valence-corrected chi connectivity index (χ1v) is 6.49. The second-order valence-electron chi connectivity index (χ2n) is 3.78. The van der Waals surface area contributed by atoms with Gasteiger partial charge in [0.25, 0.3) is 0 Å². The van der Waals surface area contributed by atoms with Gasteiger partial charge >= 0.3 is 0 Å². The molecule has 0 unspecified atom stereocenters. The van der Waals surface area contributed by atoms with Gasteiger partial charge in [0.05, 0.1) is 6.07 Å². The zero-order chi connectivity index (χ0) is 12.8. The van der Waals surface area contributed by atoms with Gasteiger partial charge in [-0.25, -0.2) is 0 Å². The molecule has 1 heterocycles. The summed E-state index contributed by atoms with van der Waals surface area (Å²) in [5, 5.41) is 15.3. The lowest BCUT2D eigenvalue weighted by atomic mass is 10.0. The molecule has 0 spiro atoms. The summed E-state index contributed by atoms with van der Waals surface area (Å²) in [6, 6.07) is 11.8. The third-order valence-electron chi connectivity index (χ3n) is 2.57. The summed E-state index contributed by atoms with van der Waals surface area (Å²) >= 11 is 1.65. The number of thiophene rings is 1. The molecule has 0 saturated heterocycles. The van der Waals surface area contributed by atoms with E-state index in [9.17, 15) is 4.79 Å². The summed E-state index contributed by atoms with van der Waals surface area (Å²) < 4.78 is 0. The lowest BCUT2D eigenvalue weighted by Gasteiger charge is -2.08. The van der Waals surface area contributed by atoms with Crippen molar-refractivity contribution in [2.24, 2.45) is 0 Å². The molecular formula is C14H12N2OS. The van der Waals surface area contributed by atoms with Gasteiger partial charge in [0, 0.05) is 6.54 Å². The number of nitrogens with one attached hydrogen (secondary N) is 1. The number of nitrogens with zero attached hydrogens (tertiary/aromatic N) is 1. The fourth-order valence-electron chi connectivity index (χ4n) is 1.70. The summed E-state index contributed by atoms with van der Waals surface area (Å²) in [6.45, 7) is 0.451. The van der Waals surface area contributed by atoms with Crippen molar-refractivity contribution in [2.75, 3.05) is 0 Å². The summed E-state index contributed by atoms with van der Waals surface area (Å²) in [4.78, 5) is 11.3. The van der Waals surface area contributed by atoms with Gasteiger partial charge in [-0.3, -0.25) is 4.79 Å². The van der Waals surface area contributed by atoms with Gasteiger partial charge in [0.2, 0.25) is 5.91 Å². The second kappa shape index (κ2) is 5.99. The molecule has 1 aromatic heterocycles. The molecule has 3 nitrogen and oxygen atoms in total. The number of carbonyl (C=O) groups is 1. The molecule has 0 saturated carbocycles. The maximum atomic E-state index is 11.3. The molecule has 0 aliphatic carbocycles. The third-order valence-corrected chi connectivity index (χ3v) is 3.25.